The van der Waals surface area contributed by atoms with Crippen molar-refractivity contribution in [3.8, 4) is 5.75 Å². The lowest BCUT2D eigenvalue weighted by molar-refractivity contribution is -0.148. The van der Waals surface area contributed by atoms with Gasteiger partial charge in [-0.05, 0) is 37.6 Å². The van der Waals surface area contributed by atoms with Crippen molar-refractivity contribution in [3.63, 3.8) is 0 Å². The van der Waals surface area contributed by atoms with Gasteiger partial charge in [0.1, 0.15) is 23.7 Å². The highest BCUT2D eigenvalue weighted by atomic mass is 16.5. The van der Waals surface area contributed by atoms with Gasteiger partial charge in [-0.15, -0.1) is 0 Å². The third-order valence-electron chi connectivity index (χ3n) is 4.69. The van der Waals surface area contributed by atoms with Crippen LogP contribution in [0.1, 0.15) is 40.3 Å². The summed E-state index contributed by atoms with van der Waals surface area (Å²) in [6.07, 6.45) is 0.439. The summed E-state index contributed by atoms with van der Waals surface area (Å²) >= 11 is 0. The molecule has 2 heterocycles. The number of furan rings is 1. The summed E-state index contributed by atoms with van der Waals surface area (Å²) < 4.78 is 16.5. The van der Waals surface area contributed by atoms with Gasteiger partial charge in [-0.25, -0.2) is 4.79 Å². The molecule has 1 aliphatic heterocycles. The van der Waals surface area contributed by atoms with Gasteiger partial charge in [0.05, 0.1) is 0 Å². The molecule has 1 aromatic carbocycles. The maximum absolute atomic E-state index is 12.5. The molecule has 2 N–H and O–H groups in total. The maximum atomic E-state index is 12.5. The van der Waals surface area contributed by atoms with E-state index < -0.39 is 17.4 Å². The molecule has 1 aromatic heterocycles. The molecule has 1 fully saturated rings. The number of ether oxygens (including phenoxy) is 2. The first-order chi connectivity index (χ1) is 12.9. The van der Waals surface area contributed by atoms with Crippen LogP contribution in [-0.4, -0.2) is 35.7 Å². The van der Waals surface area contributed by atoms with Crippen LogP contribution >= 0.6 is 0 Å². The van der Waals surface area contributed by atoms with E-state index in [0.717, 1.165) is 16.9 Å². The molecule has 2 aromatic rings. The average Bonchev–Trinajstić information content (AvgIpc) is 3.11. The van der Waals surface area contributed by atoms with Gasteiger partial charge < -0.3 is 24.3 Å². The molecule has 27 heavy (non-hydrogen) atoms. The van der Waals surface area contributed by atoms with E-state index in [-0.39, 0.29) is 25.2 Å². The van der Waals surface area contributed by atoms with Crippen LogP contribution in [0.25, 0.3) is 0 Å². The van der Waals surface area contributed by atoms with Crippen LogP contribution in [0.3, 0.4) is 0 Å². The standard InChI is InChI=1S/C20H23NO6/c1-13-3-5-16(14(2)11-13)26-12-15-4-6-17(27-15)18(22)21-20(19(23)24)7-9-25-10-8-20/h3-6,11H,7-10,12H2,1-2H3,(H,21,22)(H,23,24). The number of benzene rings is 1. The van der Waals surface area contributed by atoms with Crippen molar-refractivity contribution in [2.75, 3.05) is 13.2 Å². The van der Waals surface area contributed by atoms with E-state index in [4.69, 9.17) is 13.9 Å². The van der Waals surface area contributed by atoms with Crippen LogP contribution in [0.5, 0.6) is 5.75 Å². The SMILES string of the molecule is Cc1ccc(OCc2ccc(C(=O)NC3(C(=O)O)CCOCC3)o2)c(C)c1. The van der Waals surface area contributed by atoms with Crippen molar-refractivity contribution in [1.82, 2.24) is 5.32 Å². The Bertz CT molecular complexity index is 835. The van der Waals surface area contributed by atoms with E-state index in [0.29, 0.717) is 19.0 Å². The molecule has 1 aliphatic rings. The van der Waals surface area contributed by atoms with Crippen molar-refractivity contribution >= 4 is 11.9 Å². The first kappa shape index (κ1) is 19.0. The zero-order valence-corrected chi connectivity index (χ0v) is 15.4. The Hall–Kier alpha value is -2.80. The largest absolute Gasteiger partial charge is 0.485 e. The molecule has 144 valence electrons. The molecule has 7 heteroatoms. The third kappa shape index (κ3) is 4.31. The quantitative estimate of drug-likeness (QED) is 0.808. The Labute approximate surface area is 157 Å². The number of nitrogens with one attached hydrogen (secondary N) is 1. The first-order valence-corrected chi connectivity index (χ1v) is 8.82. The molecule has 3 rings (SSSR count). The highest BCUT2D eigenvalue weighted by Crippen LogP contribution is 2.23. The molecule has 1 amide bonds. The van der Waals surface area contributed by atoms with Gasteiger partial charge in [-0.2, -0.15) is 0 Å². The number of carbonyl (C=O) groups is 2. The Morgan fingerprint density at radius 1 is 1.19 bits per heavy atom. The summed E-state index contributed by atoms with van der Waals surface area (Å²) in [7, 11) is 0. The second kappa shape index (κ2) is 7.84. The van der Waals surface area contributed by atoms with E-state index in [1.807, 2.05) is 32.0 Å². The van der Waals surface area contributed by atoms with Crippen LogP contribution in [0, 0.1) is 13.8 Å². The minimum atomic E-state index is -1.32. The van der Waals surface area contributed by atoms with E-state index in [9.17, 15) is 14.7 Å². The number of hydrogen-bond donors (Lipinski definition) is 2. The molecular formula is C20H23NO6. The number of carboxylic acid groups (broad SMARTS) is 1. The van der Waals surface area contributed by atoms with Crippen LogP contribution in [0.2, 0.25) is 0 Å². The lowest BCUT2D eigenvalue weighted by Gasteiger charge is -2.33. The van der Waals surface area contributed by atoms with Gasteiger partial charge in [0, 0.05) is 26.1 Å². The molecule has 0 aliphatic carbocycles. The van der Waals surface area contributed by atoms with Crippen molar-refractivity contribution in [2.45, 2.75) is 38.8 Å². The number of carboxylic acids is 1. The molecule has 7 nitrogen and oxygen atoms in total. The third-order valence-corrected chi connectivity index (χ3v) is 4.69. The Balaban J connectivity index is 1.64. The smallest absolute Gasteiger partial charge is 0.329 e. The summed E-state index contributed by atoms with van der Waals surface area (Å²) in [5, 5.41) is 12.1. The molecule has 0 saturated carbocycles. The molecular weight excluding hydrogens is 350 g/mol. The van der Waals surface area contributed by atoms with Gasteiger partial charge in [-0.1, -0.05) is 17.7 Å². The Morgan fingerprint density at radius 3 is 2.59 bits per heavy atom. The van der Waals surface area contributed by atoms with Crippen molar-refractivity contribution in [2.24, 2.45) is 0 Å². The number of aliphatic carboxylic acids is 1. The van der Waals surface area contributed by atoms with Gasteiger partial charge in [0.25, 0.3) is 5.91 Å². The monoisotopic (exact) mass is 373 g/mol. The summed E-state index contributed by atoms with van der Waals surface area (Å²) in [6.45, 7) is 4.73. The lowest BCUT2D eigenvalue weighted by Crippen LogP contribution is -2.57. The van der Waals surface area contributed by atoms with Crippen LogP contribution < -0.4 is 10.1 Å². The van der Waals surface area contributed by atoms with Gasteiger partial charge in [0.2, 0.25) is 0 Å². The number of aryl methyl sites for hydroxylation is 2. The summed E-state index contributed by atoms with van der Waals surface area (Å²) in [6, 6.07) is 9.04. The Morgan fingerprint density at radius 2 is 1.93 bits per heavy atom. The van der Waals surface area contributed by atoms with Gasteiger partial charge >= 0.3 is 5.97 Å². The van der Waals surface area contributed by atoms with Crippen molar-refractivity contribution in [1.29, 1.82) is 0 Å². The predicted octanol–water partition coefficient (Wildman–Crippen LogP) is 2.84. The number of hydrogen-bond acceptors (Lipinski definition) is 5. The number of carbonyl (C=O) groups excluding carboxylic acids is 1. The zero-order valence-electron chi connectivity index (χ0n) is 15.4. The molecule has 0 radical (unpaired) electrons. The zero-order chi connectivity index (χ0) is 19.4. The highest BCUT2D eigenvalue weighted by molar-refractivity contribution is 5.95. The van der Waals surface area contributed by atoms with E-state index in [2.05, 4.69) is 5.32 Å². The highest BCUT2D eigenvalue weighted by Gasteiger charge is 2.42. The lowest BCUT2D eigenvalue weighted by atomic mass is 9.90. The van der Waals surface area contributed by atoms with E-state index in [1.165, 1.54) is 6.07 Å². The molecule has 0 bridgehead atoms. The number of amides is 1. The second-order valence-corrected chi connectivity index (χ2v) is 6.78. The maximum Gasteiger partial charge on any atom is 0.329 e. The molecule has 0 spiro atoms. The second-order valence-electron chi connectivity index (χ2n) is 6.78. The average molecular weight is 373 g/mol. The van der Waals surface area contributed by atoms with Crippen molar-refractivity contribution < 1.29 is 28.6 Å². The number of rotatable bonds is 6. The fraction of sp³-hybridized carbons (Fsp3) is 0.400. The van der Waals surface area contributed by atoms with Crippen molar-refractivity contribution in [3.05, 3.63) is 53.0 Å². The Kier molecular flexibility index (Phi) is 5.51. The minimum absolute atomic E-state index is 0.0568. The van der Waals surface area contributed by atoms with Crippen LogP contribution in [0.4, 0.5) is 0 Å². The topological polar surface area (TPSA) is 98.0 Å². The molecule has 1 saturated heterocycles. The first-order valence-electron chi connectivity index (χ1n) is 8.82. The van der Waals surface area contributed by atoms with Crippen LogP contribution in [0.15, 0.2) is 34.7 Å². The summed E-state index contributed by atoms with van der Waals surface area (Å²) in [4.78, 5) is 24.1. The van der Waals surface area contributed by atoms with Crippen LogP contribution in [-0.2, 0) is 16.1 Å². The summed E-state index contributed by atoms with van der Waals surface area (Å²) in [5.74, 6) is -0.339. The summed E-state index contributed by atoms with van der Waals surface area (Å²) in [5.41, 5.74) is 0.845. The van der Waals surface area contributed by atoms with Gasteiger partial charge in [-0.3, -0.25) is 4.79 Å². The van der Waals surface area contributed by atoms with E-state index >= 15 is 0 Å². The fourth-order valence-electron chi connectivity index (χ4n) is 3.08. The molecule has 0 atom stereocenters. The predicted molar refractivity (Wildman–Crippen MR) is 96.8 cm³/mol. The normalized spacial score (nSPS) is 15.9. The van der Waals surface area contributed by atoms with E-state index in [1.54, 1.807) is 6.07 Å². The van der Waals surface area contributed by atoms with Gasteiger partial charge in [0.15, 0.2) is 5.76 Å². The fourth-order valence-corrected chi connectivity index (χ4v) is 3.08. The molecule has 0 unspecified atom stereocenters. The minimum Gasteiger partial charge on any atom is -0.485 e.